The van der Waals surface area contributed by atoms with E-state index in [1.807, 2.05) is 0 Å². The molecule has 1 aromatic rings. The first kappa shape index (κ1) is 11.4. The van der Waals surface area contributed by atoms with Crippen molar-refractivity contribution in [3.8, 4) is 0 Å². The van der Waals surface area contributed by atoms with E-state index in [4.69, 9.17) is 5.73 Å². The Morgan fingerprint density at radius 1 is 1.44 bits per heavy atom. The van der Waals surface area contributed by atoms with E-state index in [1.54, 1.807) is 18.2 Å². The number of hydrogen-bond acceptors (Lipinski definition) is 3. The number of hydrogen-bond donors (Lipinski definition) is 1. The van der Waals surface area contributed by atoms with Crippen molar-refractivity contribution >= 4 is 15.7 Å². The highest BCUT2D eigenvalue weighted by molar-refractivity contribution is 7.89. The van der Waals surface area contributed by atoms with Crippen LogP contribution in [0.15, 0.2) is 29.2 Å². The minimum atomic E-state index is -3.34. The van der Waals surface area contributed by atoms with Crippen LogP contribution in [0, 0.1) is 5.92 Å². The zero-order valence-electron chi connectivity index (χ0n) is 9.26. The van der Waals surface area contributed by atoms with Crippen LogP contribution < -0.4 is 5.73 Å². The Balaban J connectivity index is 2.32. The molecule has 4 nitrogen and oxygen atoms in total. The monoisotopic (exact) mass is 240 g/mol. The van der Waals surface area contributed by atoms with E-state index in [0.29, 0.717) is 29.6 Å². The van der Waals surface area contributed by atoms with Crippen LogP contribution in [0.4, 0.5) is 5.69 Å². The normalized spacial score (nSPS) is 22.4. The fourth-order valence-electron chi connectivity index (χ4n) is 1.94. The maximum Gasteiger partial charge on any atom is 0.243 e. The van der Waals surface area contributed by atoms with Crippen molar-refractivity contribution in [2.45, 2.75) is 18.2 Å². The van der Waals surface area contributed by atoms with E-state index in [2.05, 4.69) is 6.92 Å². The van der Waals surface area contributed by atoms with Crippen LogP contribution in [0.5, 0.6) is 0 Å². The van der Waals surface area contributed by atoms with Gasteiger partial charge in [-0.05, 0) is 30.5 Å². The largest absolute Gasteiger partial charge is 0.399 e. The van der Waals surface area contributed by atoms with Gasteiger partial charge in [-0.3, -0.25) is 0 Å². The van der Waals surface area contributed by atoms with Gasteiger partial charge in [0.05, 0.1) is 4.90 Å². The molecule has 1 fully saturated rings. The summed E-state index contributed by atoms with van der Waals surface area (Å²) < 4.78 is 25.9. The topological polar surface area (TPSA) is 63.4 Å². The molecule has 0 bridgehead atoms. The Morgan fingerprint density at radius 3 is 2.75 bits per heavy atom. The van der Waals surface area contributed by atoms with Gasteiger partial charge >= 0.3 is 0 Å². The molecule has 0 aliphatic carbocycles. The van der Waals surface area contributed by atoms with Crippen LogP contribution in [-0.4, -0.2) is 25.8 Å². The van der Waals surface area contributed by atoms with Crippen molar-refractivity contribution in [2.75, 3.05) is 18.8 Å². The van der Waals surface area contributed by atoms with Crippen LogP contribution in [0.2, 0.25) is 0 Å². The highest BCUT2D eigenvalue weighted by Crippen LogP contribution is 2.24. The van der Waals surface area contributed by atoms with Gasteiger partial charge in [-0.15, -0.1) is 0 Å². The summed E-state index contributed by atoms with van der Waals surface area (Å²) in [6.07, 6.45) is 0.932. The molecule has 1 aliphatic rings. The summed E-state index contributed by atoms with van der Waals surface area (Å²) in [5.74, 6) is 0.441. The minimum absolute atomic E-state index is 0.293. The van der Waals surface area contributed by atoms with Crippen molar-refractivity contribution in [3.63, 3.8) is 0 Å². The zero-order valence-corrected chi connectivity index (χ0v) is 10.1. The molecule has 0 amide bonds. The van der Waals surface area contributed by atoms with E-state index in [-0.39, 0.29) is 0 Å². The fraction of sp³-hybridized carbons (Fsp3) is 0.455. The minimum Gasteiger partial charge on any atom is -0.399 e. The molecule has 1 heterocycles. The van der Waals surface area contributed by atoms with Gasteiger partial charge < -0.3 is 5.73 Å². The van der Waals surface area contributed by atoms with Crippen LogP contribution >= 0.6 is 0 Å². The number of nitrogen functional groups attached to an aromatic ring is 1. The predicted molar refractivity (Wildman–Crippen MR) is 63.4 cm³/mol. The standard InChI is InChI=1S/C11H16N2O2S/c1-9-5-6-13(8-9)16(14,15)11-4-2-3-10(12)7-11/h2-4,7,9H,5-6,8,12H2,1H3. The predicted octanol–water partition coefficient (Wildman–Crippen LogP) is 1.30. The maximum atomic E-state index is 12.2. The summed E-state index contributed by atoms with van der Waals surface area (Å²) in [5, 5.41) is 0. The Kier molecular flexibility index (Phi) is 2.90. The van der Waals surface area contributed by atoms with Crippen molar-refractivity contribution in [1.82, 2.24) is 4.31 Å². The average Bonchev–Trinajstić information content (AvgIpc) is 2.65. The number of anilines is 1. The highest BCUT2D eigenvalue weighted by atomic mass is 32.2. The van der Waals surface area contributed by atoms with Gasteiger partial charge in [0, 0.05) is 18.8 Å². The van der Waals surface area contributed by atoms with Gasteiger partial charge in [0.15, 0.2) is 0 Å². The van der Waals surface area contributed by atoms with Crippen molar-refractivity contribution in [2.24, 2.45) is 5.92 Å². The second-order valence-corrected chi connectivity index (χ2v) is 6.27. The highest BCUT2D eigenvalue weighted by Gasteiger charge is 2.30. The number of benzene rings is 1. The fourth-order valence-corrected chi connectivity index (χ4v) is 3.57. The van der Waals surface area contributed by atoms with Crippen molar-refractivity contribution < 1.29 is 8.42 Å². The number of sulfonamides is 1. The Hall–Kier alpha value is -1.07. The molecule has 0 saturated carbocycles. The van der Waals surface area contributed by atoms with Crippen LogP contribution in [0.25, 0.3) is 0 Å². The third kappa shape index (κ3) is 2.05. The molecule has 1 unspecified atom stereocenters. The number of nitrogens with two attached hydrogens (primary N) is 1. The molecule has 1 saturated heterocycles. The van der Waals surface area contributed by atoms with E-state index in [9.17, 15) is 8.42 Å². The van der Waals surface area contributed by atoms with E-state index >= 15 is 0 Å². The lowest BCUT2D eigenvalue weighted by Gasteiger charge is -2.16. The SMILES string of the molecule is CC1CCN(S(=O)(=O)c2cccc(N)c2)C1. The first-order valence-corrected chi connectivity index (χ1v) is 6.80. The molecule has 1 atom stereocenters. The summed E-state index contributed by atoms with van der Waals surface area (Å²) >= 11 is 0. The van der Waals surface area contributed by atoms with Gasteiger partial charge in [0.1, 0.15) is 0 Å². The first-order valence-electron chi connectivity index (χ1n) is 5.36. The molecular formula is C11H16N2O2S. The van der Waals surface area contributed by atoms with Crippen molar-refractivity contribution in [3.05, 3.63) is 24.3 Å². The van der Waals surface area contributed by atoms with Gasteiger partial charge in [-0.25, -0.2) is 8.42 Å². The third-order valence-corrected chi connectivity index (χ3v) is 4.74. The molecule has 16 heavy (non-hydrogen) atoms. The van der Waals surface area contributed by atoms with Gasteiger partial charge in [0.25, 0.3) is 0 Å². The lowest BCUT2D eigenvalue weighted by atomic mass is 10.2. The van der Waals surface area contributed by atoms with Gasteiger partial charge in [-0.2, -0.15) is 4.31 Å². The summed E-state index contributed by atoms with van der Waals surface area (Å²) in [6, 6.07) is 6.46. The average molecular weight is 240 g/mol. The lowest BCUT2D eigenvalue weighted by molar-refractivity contribution is 0.464. The lowest BCUT2D eigenvalue weighted by Crippen LogP contribution is -2.28. The van der Waals surface area contributed by atoms with E-state index in [0.717, 1.165) is 6.42 Å². The molecule has 0 radical (unpaired) electrons. The Morgan fingerprint density at radius 2 is 2.19 bits per heavy atom. The quantitative estimate of drug-likeness (QED) is 0.792. The molecule has 1 aliphatic heterocycles. The molecule has 2 rings (SSSR count). The summed E-state index contributed by atoms with van der Waals surface area (Å²) in [6.45, 7) is 3.28. The third-order valence-electron chi connectivity index (χ3n) is 2.88. The maximum absolute atomic E-state index is 12.2. The van der Waals surface area contributed by atoms with Crippen molar-refractivity contribution in [1.29, 1.82) is 0 Å². The van der Waals surface area contributed by atoms with Crippen LogP contribution in [-0.2, 0) is 10.0 Å². The molecule has 5 heteroatoms. The number of nitrogens with zero attached hydrogens (tertiary/aromatic N) is 1. The first-order chi connectivity index (χ1) is 7.50. The number of rotatable bonds is 2. The van der Waals surface area contributed by atoms with Crippen LogP contribution in [0.3, 0.4) is 0 Å². The molecule has 2 N–H and O–H groups in total. The second kappa shape index (κ2) is 4.07. The second-order valence-electron chi connectivity index (χ2n) is 4.33. The van der Waals surface area contributed by atoms with E-state index < -0.39 is 10.0 Å². The summed E-state index contributed by atoms with van der Waals surface area (Å²) in [7, 11) is -3.34. The molecule has 0 aromatic heterocycles. The Bertz CT molecular complexity index is 485. The van der Waals surface area contributed by atoms with E-state index in [1.165, 1.54) is 10.4 Å². The van der Waals surface area contributed by atoms with Crippen LogP contribution in [0.1, 0.15) is 13.3 Å². The summed E-state index contributed by atoms with van der Waals surface area (Å²) in [4.78, 5) is 0.293. The van der Waals surface area contributed by atoms with Gasteiger partial charge in [-0.1, -0.05) is 13.0 Å². The molecular weight excluding hydrogens is 224 g/mol. The van der Waals surface area contributed by atoms with Gasteiger partial charge in [0.2, 0.25) is 10.0 Å². The Labute approximate surface area is 96.1 Å². The molecule has 1 aromatic carbocycles. The molecule has 88 valence electrons. The smallest absolute Gasteiger partial charge is 0.243 e. The zero-order chi connectivity index (χ0) is 11.8. The molecule has 0 spiro atoms. The summed E-state index contributed by atoms with van der Waals surface area (Å²) in [5.41, 5.74) is 6.08.